The Morgan fingerprint density at radius 1 is 1.04 bits per heavy atom. The van der Waals surface area contributed by atoms with Crippen molar-refractivity contribution in [1.29, 1.82) is 0 Å². The zero-order chi connectivity index (χ0) is 17.5. The predicted molar refractivity (Wildman–Crippen MR) is 102 cm³/mol. The highest BCUT2D eigenvalue weighted by Gasteiger charge is 2.04. The second-order valence-corrected chi connectivity index (χ2v) is 6.68. The van der Waals surface area contributed by atoms with Crippen molar-refractivity contribution in [1.82, 2.24) is 14.8 Å². The zero-order valence-electron chi connectivity index (χ0n) is 13.7. The molecule has 1 aromatic heterocycles. The molecule has 0 aliphatic rings. The molecule has 25 heavy (non-hydrogen) atoms. The Morgan fingerprint density at radius 3 is 2.48 bits per heavy atom. The van der Waals surface area contributed by atoms with Gasteiger partial charge in [0.25, 0.3) is 0 Å². The first-order valence-corrected chi connectivity index (χ1v) is 8.99. The maximum Gasteiger partial charge on any atom is 0.224 e. The molecule has 2 aromatic carbocycles. The molecule has 6 heteroatoms. The summed E-state index contributed by atoms with van der Waals surface area (Å²) in [6, 6.07) is 15.9. The summed E-state index contributed by atoms with van der Waals surface area (Å²) in [5.41, 5.74) is 3.00. The summed E-state index contributed by atoms with van der Waals surface area (Å²) in [6.07, 6.45) is 6.52. The van der Waals surface area contributed by atoms with Crippen molar-refractivity contribution >= 4 is 27.5 Å². The van der Waals surface area contributed by atoms with Crippen LogP contribution in [0.4, 0.5) is 5.69 Å². The summed E-state index contributed by atoms with van der Waals surface area (Å²) in [7, 11) is 0. The molecule has 0 aliphatic heterocycles. The van der Waals surface area contributed by atoms with Gasteiger partial charge in [-0.25, -0.2) is 9.67 Å². The fourth-order valence-electron chi connectivity index (χ4n) is 2.53. The van der Waals surface area contributed by atoms with Crippen LogP contribution < -0.4 is 5.32 Å². The molecule has 5 nitrogen and oxygen atoms in total. The van der Waals surface area contributed by atoms with Crippen LogP contribution in [0, 0.1) is 0 Å². The van der Waals surface area contributed by atoms with Gasteiger partial charge < -0.3 is 5.32 Å². The first-order valence-electron chi connectivity index (χ1n) is 8.20. The second-order valence-electron chi connectivity index (χ2n) is 5.77. The van der Waals surface area contributed by atoms with E-state index in [2.05, 4.69) is 43.5 Å². The highest BCUT2D eigenvalue weighted by Crippen LogP contribution is 2.15. The number of hydrogen-bond acceptors (Lipinski definition) is 3. The van der Waals surface area contributed by atoms with Gasteiger partial charge in [0, 0.05) is 16.6 Å². The van der Waals surface area contributed by atoms with Crippen molar-refractivity contribution in [2.24, 2.45) is 0 Å². The predicted octanol–water partition coefficient (Wildman–Crippen LogP) is 4.38. The van der Waals surface area contributed by atoms with Crippen LogP contribution in [0.5, 0.6) is 0 Å². The number of anilines is 1. The quantitative estimate of drug-likeness (QED) is 0.600. The number of aryl methyl sites for hydroxylation is 1. The van der Waals surface area contributed by atoms with Crippen molar-refractivity contribution in [3.63, 3.8) is 0 Å². The maximum atomic E-state index is 12.0. The van der Waals surface area contributed by atoms with Crippen LogP contribution in [0.15, 0.2) is 65.7 Å². The average Bonchev–Trinajstić information content (AvgIpc) is 3.15. The van der Waals surface area contributed by atoms with E-state index in [9.17, 15) is 4.79 Å². The van der Waals surface area contributed by atoms with E-state index in [0.717, 1.165) is 35.1 Å². The van der Waals surface area contributed by atoms with Crippen LogP contribution in [0.25, 0.3) is 5.69 Å². The number of nitrogens with one attached hydrogen (secondary N) is 1. The number of carbonyl (C=O) groups excluding carboxylic acids is 1. The standard InChI is InChI=1S/C19H19BrN4O/c20-16-7-5-15(6-8-16)3-1-2-4-19(25)23-17-9-11-18(12-10-17)24-14-21-13-22-24/h5-14H,1-4H2,(H,23,25). The first-order chi connectivity index (χ1) is 12.2. The number of halogens is 1. The van der Waals surface area contributed by atoms with Crippen LogP contribution in [-0.4, -0.2) is 20.7 Å². The minimum Gasteiger partial charge on any atom is -0.326 e. The Balaban J connectivity index is 1.41. The molecule has 0 spiro atoms. The minimum absolute atomic E-state index is 0.0457. The molecule has 128 valence electrons. The summed E-state index contributed by atoms with van der Waals surface area (Å²) in [6.45, 7) is 0. The molecular weight excluding hydrogens is 380 g/mol. The Bertz CT molecular complexity index is 798. The summed E-state index contributed by atoms with van der Waals surface area (Å²) < 4.78 is 2.76. The zero-order valence-corrected chi connectivity index (χ0v) is 15.3. The largest absolute Gasteiger partial charge is 0.326 e. The van der Waals surface area contributed by atoms with E-state index in [-0.39, 0.29) is 5.91 Å². The van der Waals surface area contributed by atoms with Gasteiger partial charge in [-0.15, -0.1) is 0 Å². The Labute approximate surface area is 155 Å². The highest BCUT2D eigenvalue weighted by molar-refractivity contribution is 9.10. The third-order valence-corrected chi connectivity index (χ3v) is 4.40. The second kappa shape index (κ2) is 8.58. The Hall–Kier alpha value is -2.47. The molecule has 1 N–H and O–H groups in total. The number of rotatable bonds is 7. The van der Waals surface area contributed by atoms with Gasteiger partial charge in [-0.1, -0.05) is 28.1 Å². The van der Waals surface area contributed by atoms with Gasteiger partial charge >= 0.3 is 0 Å². The van der Waals surface area contributed by atoms with Gasteiger partial charge in [-0.05, 0) is 61.2 Å². The molecular formula is C19H19BrN4O. The molecule has 1 amide bonds. The lowest BCUT2D eigenvalue weighted by molar-refractivity contribution is -0.116. The Morgan fingerprint density at radius 2 is 1.80 bits per heavy atom. The molecule has 0 atom stereocenters. The number of unbranched alkanes of at least 4 members (excludes halogenated alkanes) is 1. The van der Waals surface area contributed by atoms with Gasteiger partial charge in [0.1, 0.15) is 12.7 Å². The van der Waals surface area contributed by atoms with E-state index in [1.54, 1.807) is 11.0 Å². The van der Waals surface area contributed by atoms with E-state index >= 15 is 0 Å². The smallest absolute Gasteiger partial charge is 0.224 e. The van der Waals surface area contributed by atoms with Crippen LogP contribution >= 0.6 is 15.9 Å². The Kier molecular flexibility index (Phi) is 5.95. The fraction of sp³-hybridized carbons (Fsp3) is 0.211. The SMILES string of the molecule is O=C(CCCCc1ccc(Br)cc1)Nc1ccc(-n2cncn2)cc1. The lowest BCUT2D eigenvalue weighted by Gasteiger charge is -2.07. The molecule has 0 aliphatic carbocycles. The molecule has 0 saturated carbocycles. The summed E-state index contributed by atoms with van der Waals surface area (Å²) >= 11 is 3.43. The summed E-state index contributed by atoms with van der Waals surface area (Å²) in [4.78, 5) is 16.0. The molecule has 0 radical (unpaired) electrons. The molecule has 0 saturated heterocycles. The first kappa shape index (κ1) is 17.4. The lowest BCUT2D eigenvalue weighted by Crippen LogP contribution is -2.11. The topological polar surface area (TPSA) is 59.8 Å². The van der Waals surface area contributed by atoms with Gasteiger partial charge in [-0.3, -0.25) is 4.79 Å². The number of nitrogens with zero attached hydrogens (tertiary/aromatic N) is 3. The van der Waals surface area contributed by atoms with Crippen molar-refractivity contribution < 1.29 is 4.79 Å². The summed E-state index contributed by atoms with van der Waals surface area (Å²) in [5.74, 6) is 0.0457. The molecule has 3 aromatic rings. The number of carbonyl (C=O) groups is 1. The fourth-order valence-corrected chi connectivity index (χ4v) is 2.79. The van der Waals surface area contributed by atoms with Crippen molar-refractivity contribution in [3.05, 3.63) is 71.2 Å². The molecule has 0 fully saturated rings. The monoisotopic (exact) mass is 398 g/mol. The normalized spacial score (nSPS) is 10.6. The maximum absolute atomic E-state index is 12.0. The van der Waals surface area contributed by atoms with Gasteiger partial charge in [-0.2, -0.15) is 5.10 Å². The summed E-state index contributed by atoms with van der Waals surface area (Å²) in [5, 5.41) is 7.00. The average molecular weight is 399 g/mol. The molecule has 0 bridgehead atoms. The lowest BCUT2D eigenvalue weighted by atomic mass is 10.1. The van der Waals surface area contributed by atoms with Crippen LogP contribution in [0.1, 0.15) is 24.8 Å². The number of benzene rings is 2. The third kappa shape index (κ3) is 5.26. The van der Waals surface area contributed by atoms with Crippen LogP contribution in [-0.2, 0) is 11.2 Å². The molecule has 3 rings (SSSR count). The van der Waals surface area contributed by atoms with Crippen LogP contribution in [0.3, 0.4) is 0 Å². The van der Waals surface area contributed by atoms with E-state index in [0.29, 0.717) is 6.42 Å². The van der Waals surface area contributed by atoms with E-state index < -0.39 is 0 Å². The van der Waals surface area contributed by atoms with E-state index in [4.69, 9.17) is 0 Å². The van der Waals surface area contributed by atoms with Gasteiger partial charge in [0.15, 0.2) is 0 Å². The van der Waals surface area contributed by atoms with Crippen molar-refractivity contribution in [3.8, 4) is 5.69 Å². The molecule has 0 unspecified atom stereocenters. The van der Waals surface area contributed by atoms with E-state index in [1.807, 2.05) is 36.4 Å². The number of amides is 1. The van der Waals surface area contributed by atoms with E-state index in [1.165, 1.54) is 11.9 Å². The molecule has 1 heterocycles. The minimum atomic E-state index is 0.0457. The third-order valence-electron chi connectivity index (χ3n) is 3.87. The van der Waals surface area contributed by atoms with Crippen molar-refractivity contribution in [2.75, 3.05) is 5.32 Å². The van der Waals surface area contributed by atoms with Crippen LogP contribution in [0.2, 0.25) is 0 Å². The number of hydrogen-bond donors (Lipinski definition) is 1. The van der Waals surface area contributed by atoms with Crippen molar-refractivity contribution in [2.45, 2.75) is 25.7 Å². The van der Waals surface area contributed by atoms with Gasteiger partial charge in [0.05, 0.1) is 5.69 Å². The number of aromatic nitrogens is 3. The van der Waals surface area contributed by atoms with Gasteiger partial charge in [0.2, 0.25) is 5.91 Å². The highest BCUT2D eigenvalue weighted by atomic mass is 79.9.